The van der Waals surface area contributed by atoms with Crippen LogP contribution in [0, 0.1) is 5.92 Å². The van der Waals surface area contributed by atoms with Crippen molar-refractivity contribution in [3.63, 3.8) is 0 Å². The van der Waals surface area contributed by atoms with Gasteiger partial charge in [-0.05, 0) is 42.5 Å². The molecule has 1 saturated carbocycles. The van der Waals surface area contributed by atoms with E-state index < -0.39 is 10.6 Å². The summed E-state index contributed by atoms with van der Waals surface area (Å²) in [4.78, 5) is 36.2. The van der Waals surface area contributed by atoms with Gasteiger partial charge in [0.1, 0.15) is 11.5 Å². The number of H-pyrrole nitrogens is 1. The number of anilines is 1. The third-order valence-electron chi connectivity index (χ3n) is 6.20. The number of rotatable bonds is 3. The molecule has 0 unspecified atom stereocenters. The Morgan fingerprint density at radius 2 is 1.94 bits per heavy atom. The Morgan fingerprint density at radius 3 is 2.61 bits per heavy atom. The zero-order valence-electron chi connectivity index (χ0n) is 17.2. The van der Waals surface area contributed by atoms with E-state index in [1.807, 2.05) is 18.3 Å². The average molecular weight is 446 g/mol. The average Bonchev–Trinajstić information content (AvgIpc) is 3.51. The number of nitrogens with one attached hydrogen (secondary N) is 2. The fourth-order valence-electron chi connectivity index (χ4n) is 4.15. The monoisotopic (exact) mass is 445 g/mol. The Kier molecular flexibility index (Phi) is 5.15. The number of carbonyl (C=O) groups excluding carboxylic acids is 2. The number of aromatic nitrogens is 2. The third kappa shape index (κ3) is 4.28. The quantitative estimate of drug-likeness (QED) is 0.578. The van der Waals surface area contributed by atoms with Crippen molar-refractivity contribution in [3.8, 4) is 0 Å². The SMILES string of the molecule is O=C(Nc1cc(C2=CCN(C(=O)N3CCS(O)(O)CC3)CC2)c2cc[nH]c2n1)C1CC1. The van der Waals surface area contributed by atoms with Gasteiger partial charge in [0.15, 0.2) is 0 Å². The van der Waals surface area contributed by atoms with Crippen LogP contribution in [0.25, 0.3) is 16.6 Å². The van der Waals surface area contributed by atoms with Gasteiger partial charge in [-0.2, -0.15) is 10.6 Å². The molecular weight excluding hydrogens is 418 g/mol. The van der Waals surface area contributed by atoms with Crippen LogP contribution in [0.3, 0.4) is 0 Å². The molecular formula is C21H27N5O4S. The van der Waals surface area contributed by atoms with Crippen LogP contribution in [0.5, 0.6) is 0 Å². The van der Waals surface area contributed by atoms with Crippen LogP contribution in [0.2, 0.25) is 0 Å². The molecule has 2 fully saturated rings. The second-order valence-electron chi connectivity index (χ2n) is 8.46. The molecule has 4 N–H and O–H groups in total. The number of nitrogens with zero attached hydrogens (tertiary/aromatic N) is 3. The van der Waals surface area contributed by atoms with Crippen LogP contribution in [-0.4, -0.2) is 78.5 Å². The van der Waals surface area contributed by atoms with Gasteiger partial charge in [-0.15, -0.1) is 0 Å². The number of amides is 3. The molecule has 0 radical (unpaired) electrons. The van der Waals surface area contributed by atoms with E-state index in [-0.39, 0.29) is 29.4 Å². The molecule has 3 amide bonds. The van der Waals surface area contributed by atoms with Gasteiger partial charge >= 0.3 is 6.03 Å². The van der Waals surface area contributed by atoms with Crippen LogP contribution in [-0.2, 0) is 4.79 Å². The van der Waals surface area contributed by atoms with Gasteiger partial charge in [0.05, 0.1) is 11.5 Å². The molecule has 0 bridgehead atoms. The minimum Gasteiger partial charge on any atom is -0.346 e. The number of carbonyl (C=O) groups is 2. The van der Waals surface area contributed by atoms with Crippen LogP contribution < -0.4 is 5.32 Å². The Labute approximate surface area is 181 Å². The summed E-state index contributed by atoms with van der Waals surface area (Å²) >= 11 is 0. The molecule has 1 aliphatic carbocycles. The molecule has 2 aromatic heterocycles. The summed E-state index contributed by atoms with van der Waals surface area (Å²) in [6.07, 6.45) is 6.48. The number of aromatic amines is 1. The van der Waals surface area contributed by atoms with Crippen molar-refractivity contribution in [1.29, 1.82) is 0 Å². The molecule has 2 aromatic rings. The summed E-state index contributed by atoms with van der Waals surface area (Å²) < 4.78 is 19.5. The van der Waals surface area contributed by atoms with E-state index in [1.54, 1.807) is 9.80 Å². The number of hydrogen-bond acceptors (Lipinski definition) is 5. The zero-order chi connectivity index (χ0) is 21.6. The number of pyridine rings is 1. The molecule has 10 heteroatoms. The zero-order valence-corrected chi connectivity index (χ0v) is 18.0. The molecule has 31 heavy (non-hydrogen) atoms. The van der Waals surface area contributed by atoms with E-state index in [0.717, 1.165) is 35.0 Å². The first-order valence-electron chi connectivity index (χ1n) is 10.7. The van der Waals surface area contributed by atoms with Gasteiger partial charge < -0.3 is 20.1 Å². The first-order chi connectivity index (χ1) is 14.9. The van der Waals surface area contributed by atoms with Gasteiger partial charge in [0.25, 0.3) is 0 Å². The van der Waals surface area contributed by atoms with Gasteiger partial charge in [-0.25, -0.2) is 9.78 Å². The summed E-state index contributed by atoms with van der Waals surface area (Å²) in [5.74, 6) is 1.19. The van der Waals surface area contributed by atoms with Gasteiger partial charge in [0, 0.05) is 43.7 Å². The number of hydrogen-bond donors (Lipinski definition) is 4. The maximum atomic E-state index is 12.8. The molecule has 166 valence electrons. The minimum atomic E-state index is -2.52. The van der Waals surface area contributed by atoms with E-state index in [0.29, 0.717) is 38.4 Å². The summed E-state index contributed by atoms with van der Waals surface area (Å²) in [5, 5.41) is 3.93. The Hall–Kier alpha value is -2.56. The normalized spacial score (nSPS) is 22.2. The predicted molar refractivity (Wildman–Crippen MR) is 121 cm³/mol. The van der Waals surface area contributed by atoms with E-state index in [2.05, 4.69) is 21.4 Å². The molecule has 3 aliphatic rings. The second-order valence-corrected chi connectivity index (χ2v) is 10.9. The summed E-state index contributed by atoms with van der Waals surface area (Å²) in [7, 11) is -2.52. The van der Waals surface area contributed by atoms with E-state index in [4.69, 9.17) is 0 Å². The standard InChI is InChI=1S/C21H27N5O4S/c27-20(15-1-2-15)24-18-13-17(16-3-6-22-19(16)23-18)14-4-7-25(8-5-14)21(28)26-9-11-31(29,30)12-10-26/h3-4,6,13,15,29-30H,1-2,5,7-12H2,(H2,22,23,24,27). The van der Waals surface area contributed by atoms with Crippen LogP contribution >= 0.6 is 10.6 Å². The minimum absolute atomic E-state index is 0.0249. The van der Waals surface area contributed by atoms with E-state index >= 15 is 0 Å². The molecule has 5 rings (SSSR count). The maximum absolute atomic E-state index is 12.8. The molecule has 0 spiro atoms. The van der Waals surface area contributed by atoms with Crippen molar-refractivity contribution in [3.05, 3.63) is 30.0 Å². The first-order valence-corrected chi connectivity index (χ1v) is 12.5. The highest BCUT2D eigenvalue weighted by molar-refractivity contribution is 8.24. The van der Waals surface area contributed by atoms with Gasteiger partial charge in [-0.1, -0.05) is 6.08 Å². The lowest BCUT2D eigenvalue weighted by Gasteiger charge is -2.42. The number of urea groups is 1. The first kappa shape index (κ1) is 20.3. The lowest BCUT2D eigenvalue weighted by atomic mass is 9.97. The Morgan fingerprint density at radius 1 is 1.16 bits per heavy atom. The summed E-state index contributed by atoms with van der Waals surface area (Å²) in [5.41, 5.74) is 2.89. The second kappa shape index (κ2) is 7.85. The van der Waals surface area contributed by atoms with Crippen LogP contribution in [0.4, 0.5) is 10.6 Å². The Balaban J connectivity index is 1.32. The topological polar surface area (TPSA) is 122 Å². The highest BCUT2D eigenvalue weighted by Crippen LogP contribution is 2.40. The summed E-state index contributed by atoms with van der Waals surface area (Å²) in [6, 6.07) is 3.85. The maximum Gasteiger partial charge on any atom is 0.320 e. The Bertz CT molecular complexity index is 1050. The van der Waals surface area contributed by atoms with Crippen LogP contribution in [0.1, 0.15) is 24.8 Å². The fourth-order valence-corrected chi connectivity index (χ4v) is 5.38. The van der Waals surface area contributed by atoms with Crippen molar-refractivity contribution in [2.45, 2.75) is 19.3 Å². The molecule has 1 saturated heterocycles. The molecule has 2 aliphatic heterocycles. The van der Waals surface area contributed by atoms with Gasteiger partial charge in [-0.3, -0.25) is 13.9 Å². The van der Waals surface area contributed by atoms with E-state index in [1.165, 1.54) is 0 Å². The van der Waals surface area contributed by atoms with Crippen molar-refractivity contribution >= 4 is 45.0 Å². The molecule has 4 heterocycles. The molecule has 9 nitrogen and oxygen atoms in total. The highest BCUT2D eigenvalue weighted by atomic mass is 32.3. The third-order valence-corrected chi connectivity index (χ3v) is 7.87. The predicted octanol–water partition coefficient (Wildman–Crippen LogP) is 3.19. The number of fused-ring (bicyclic) bond motifs is 1. The van der Waals surface area contributed by atoms with Crippen molar-refractivity contribution in [2.75, 3.05) is 43.0 Å². The smallest absolute Gasteiger partial charge is 0.320 e. The van der Waals surface area contributed by atoms with Crippen molar-refractivity contribution < 1.29 is 18.7 Å². The van der Waals surface area contributed by atoms with Crippen molar-refractivity contribution in [2.24, 2.45) is 5.92 Å². The van der Waals surface area contributed by atoms with Crippen molar-refractivity contribution in [1.82, 2.24) is 19.8 Å². The summed E-state index contributed by atoms with van der Waals surface area (Å²) in [6.45, 7) is 1.85. The van der Waals surface area contributed by atoms with Crippen LogP contribution in [0.15, 0.2) is 24.4 Å². The largest absolute Gasteiger partial charge is 0.346 e. The van der Waals surface area contributed by atoms with Gasteiger partial charge in [0.2, 0.25) is 5.91 Å². The lowest BCUT2D eigenvalue weighted by molar-refractivity contribution is -0.117. The fraction of sp³-hybridized carbons (Fsp3) is 0.476. The molecule has 0 atom stereocenters. The lowest BCUT2D eigenvalue weighted by Crippen LogP contribution is -2.49. The highest BCUT2D eigenvalue weighted by Gasteiger charge is 2.31. The van der Waals surface area contributed by atoms with E-state index in [9.17, 15) is 18.7 Å². The molecule has 0 aromatic carbocycles.